The molecule has 2 aromatic rings. The van der Waals surface area contributed by atoms with Crippen LogP contribution in [0.1, 0.15) is 22.0 Å². The molecule has 0 saturated carbocycles. The maximum absolute atomic E-state index is 12.1. The maximum Gasteiger partial charge on any atom is 0.252 e. The Morgan fingerprint density at radius 3 is 2.30 bits per heavy atom. The van der Waals surface area contributed by atoms with E-state index >= 15 is 0 Å². The van der Waals surface area contributed by atoms with Crippen LogP contribution in [-0.4, -0.2) is 23.8 Å². The summed E-state index contributed by atoms with van der Waals surface area (Å²) in [5.74, 6) is -0.580. The third-order valence-electron chi connectivity index (χ3n) is 2.86. The number of aromatic nitrogens is 1. The van der Waals surface area contributed by atoms with Crippen molar-refractivity contribution >= 4 is 11.8 Å². The van der Waals surface area contributed by atoms with E-state index in [4.69, 9.17) is 0 Å². The molecule has 5 heteroatoms. The van der Waals surface area contributed by atoms with Crippen molar-refractivity contribution in [3.8, 4) is 0 Å². The van der Waals surface area contributed by atoms with Crippen LogP contribution in [0.25, 0.3) is 0 Å². The van der Waals surface area contributed by atoms with Gasteiger partial charge in [0.05, 0.1) is 0 Å². The zero-order valence-electron chi connectivity index (χ0n) is 11.0. The Kier molecular flexibility index (Phi) is 4.44. The molecule has 20 heavy (non-hydrogen) atoms. The lowest BCUT2D eigenvalue weighted by Gasteiger charge is -2.17. The van der Waals surface area contributed by atoms with Crippen molar-refractivity contribution in [1.29, 1.82) is 0 Å². The van der Waals surface area contributed by atoms with Crippen molar-refractivity contribution in [2.45, 2.75) is 6.04 Å². The normalized spacial score (nSPS) is 11.4. The van der Waals surface area contributed by atoms with Crippen molar-refractivity contribution in [3.63, 3.8) is 0 Å². The number of carbonyl (C=O) groups is 2. The summed E-state index contributed by atoms with van der Waals surface area (Å²) >= 11 is 0. The van der Waals surface area contributed by atoms with Crippen LogP contribution in [-0.2, 0) is 4.79 Å². The molecule has 0 saturated heterocycles. The number of nitrogens with one attached hydrogen (secondary N) is 2. The first-order chi connectivity index (χ1) is 9.72. The summed E-state index contributed by atoms with van der Waals surface area (Å²) in [4.78, 5) is 27.9. The van der Waals surface area contributed by atoms with Gasteiger partial charge in [0.15, 0.2) is 0 Å². The molecule has 1 atom stereocenters. The number of hydrogen-bond donors (Lipinski definition) is 2. The minimum Gasteiger partial charge on any atom is -0.357 e. The van der Waals surface area contributed by atoms with Crippen LogP contribution in [0.4, 0.5) is 0 Å². The first-order valence-electron chi connectivity index (χ1n) is 6.20. The summed E-state index contributed by atoms with van der Waals surface area (Å²) in [5.41, 5.74) is 1.19. The third kappa shape index (κ3) is 3.20. The van der Waals surface area contributed by atoms with Gasteiger partial charge in [-0.3, -0.25) is 14.6 Å². The van der Waals surface area contributed by atoms with Gasteiger partial charge in [0.2, 0.25) is 5.91 Å². The molecule has 1 heterocycles. The Balaban J connectivity index is 2.21. The molecule has 0 spiro atoms. The van der Waals surface area contributed by atoms with Gasteiger partial charge in [0, 0.05) is 25.0 Å². The van der Waals surface area contributed by atoms with E-state index in [-0.39, 0.29) is 11.8 Å². The van der Waals surface area contributed by atoms with Gasteiger partial charge in [0.25, 0.3) is 5.91 Å². The van der Waals surface area contributed by atoms with Gasteiger partial charge in [-0.05, 0) is 17.7 Å². The van der Waals surface area contributed by atoms with E-state index < -0.39 is 6.04 Å². The molecule has 5 nitrogen and oxygen atoms in total. The number of amides is 2. The smallest absolute Gasteiger partial charge is 0.252 e. The van der Waals surface area contributed by atoms with E-state index in [0.717, 1.165) is 5.56 Å². The second-order valence-electron chi connectivity index (χ2n) is 4.17. The number of carbonyl (C=O) groups excluding carboxylic acids is 2. The average molecular weight is 269 g/mol. The Morgan fingerprint density at radius 2 is 1.70 bits per heavy atom. The van der Waals surface area contributed by atoms with E-state index in [1.165, 1.54) is 19.4 Å². The highest BCUT2D eigenvalue weighted by Crippen LogP contribution is 2.13. The van der Waals surface area contributed by atoms with Crippen LogP contribution in [0.2, 0.25) is 0 Å². The van der Waals surface area contributed by atoms with Gasteiger partial charge in [-0.2, -0.15) is 0 Å². The second-order valence-corrected chi connectivity index (χ2v) is 4.17. The minimum atomic E-state index is -0.720. The van der Waals surface area contributed by atoms with Crippen LogP contribution in [0.3, 0.4) is 0 Å². The quantitative estimate of drug-likeness (QED) is 0.878. The Labute approximate surface area is 117 Å². The van der Waals surface area contributed by atoms with E-state index in [1.54, 1.807) is 24.3 Å². The van der Waals surface area contributed by atoms with Gasteiger partial charge >= 0.3 is 0 Å². The summed E-state index contributed by atoms with van der Waals surface area (Å²) in [6, 6.07) is 11.6. The average Bonchev–Trinajstić information content (AvgIpc) is 2.53. The third-order valence-corrected chi connectivity index (χ3v) is 2.86. The fourth-order valence-corrected chi connectivity index (χ4v) is 1.81. The number of likely N-dealkylation sites (N-methyl/N-ethyl adjacent to an activating group) is 1. The van der Waals surface area contributed by atoms with Crippen molar-refractivity contribution in [3.05, 3.63) is 66.0 Å². The highest BCUT2D eigenvalue weighted by molar-refractivity contribution is 5.97. The molecule has 1 aromatic heterocycles. The standard InChI is InChI=1S/C15H15N3O2/c1-16-15(20)13(11-5-3-2-4-6-11)18-14(19)12-7-9-17-10-8-12/h2-10,13H,1H3,(H,16,20)(H,18,19). The maximum atomic E-state index is 12.1. The van der Waals surface area contributed by atoms with Crippen molar-refractivity contribution in [2.24, 2.45) is 0 Å². The summed E-state index contributed by atoms with van der Waals surface area (Å²) in [7, 11) is 1.54. The number of benzene rings is 1. The minimum absolute atomic E-state index is 0.265. The Hall–Kier alpha value is -2.69. The van der Waals surface area contributed by atoms with E-state index in [1.807, 2.05) is 18.2 Å². The molecular formula is C15H15N3O2. The highest BCUT2D eigenvalue weighted by Gasteiger charge is 2.21. The molecule has 2 N–H and O–H groups in total. The molecule has 0 fully saturated rings. The molecule has 2 rings (SSSR count). The van der Waals surface area contributed by atoms with E-state index in [2.05, 4.69) is 15.6 Å². The fraction of sp³-hybridized carbons (Fsp3) is 0.133. The SMILES string of the molecule is CNC(=O)C(NC(=O)c1ccncc1)c1ccccc1. The van der Waals surface area contributed by atoms with Crippen LogP contribution in [0.5, 0.6) is 0 Å². The van der Waals surface area contributed by atoms with Gasteiger partial charge < -0.3 is 10.6 Å². The van der Waals surface area contributed by atoms with Crippen molar-refractivity contribution < 1.29 is 9.59 Å². The van der Waals surface area contributed by atoms with Crippen LogP contribution in [0.15, 0.2) is 54.9 Å². The topological polar surface area (TPSA) is 71.1 Å². The number of hydrogen-bond acceptors (Lipinski definition) is 3. The summed E-state index contributed by atoms with van der Waals surface area (Å²) in [5, 5.41) is 5.28. The Bertz CT molecular complexity index is 585. The lowest BCUT2D eigenvalue weighted by Crippen LogP contribution is -2.39. The lowest BCUT2D eigenvalue weighted by molar-refractivity contribution is -0.122. The predicted molar refractivity (Wildman–Crippen MR) is 75.0 cm³/mol. The van der Waals surface area contributed by atoms with Crippen LogP contribution in [0, 0.1) is 0 Å². The fourth-order valence-electron chi connectivity index (χ4n) is 1.81. The van der Waals surface area contributed by atoms with Crippen LogP contribution < -0.4 is 10.6 Å². The predicted octanol–water partition coefficient (Wildman–Crippen LogP) is 1.30. The summed E-state index contributed by atoms with van der Waals surface area (Å²) < 4.78 is 0. The molecule has 0 aliphatic rings. The molecule has 0 bridgehead atoms. The first kappa shape index (κ1) is 13.7. The van der Waals surface area contributed by atoms with Crippen molar-refractivity contribution in [1.82, 2.24) is 15.6 Å². The largest absolute Gasteiger partial charge is 0.357 e. The lowest BCUT2D eigenvalue weighted by atomic mass is 10.1. The highest BCUT2D eigenvalue weighted by atomic mass is 16.2. The van der Waals surface area contributed by atoms with Gasteiger partial charge in [-0.1, -0.05) is 30.3 Å². The van der Waals surface area contributed by atoms with Crippen molar-refractivity contribution in [2.75, 3.05) is 7.05 Å². The monoisotopic (exact) mass is 269 g/mol. The molecule has 2 amide bonds. The van der Waals surface area contributed by atoms with E-state index in [9.17, 15) is 9.59 Å². The molecule has 0 radical (unpaired) electrons. The first-order valence-corrected chi connectivity index (χ1v) is 6.20. The molecule has 1 unspecified atom stereocenters. The Morgan fingerprint density at radius 1 is 1.05 bits per heavy atom. The van der Waals surface area contributed by atoms with Gasteiger partial charge in [-0.15, -0.1) is 0 Å². The molecule has 0 aliphatic heterocycles. The zero-order valence-corrected chi connectivity index (χ0v) is 11.0. The van der Waals surface area contributed by atoms with Gasteiger partial charge in [0.1, 0.15) is 6.04 Å². The van der Waals surface area contributed by atoms with Gasteiger partial charge in [-0.25, -0.2) is 0 Å². The molecule has 102 valence electrons. The van der Waals surface area contributed by atoms with E-state index in [0.29, 0.717) is 5.56 Å². The summed E-state index contributed by atoms with van der Waals surface area (Å²) in [6.45, 7) is 0. The number of nitrogens with zero attached hydrogens (tertiary/aromatic N) is 1. The summed E-state index contributed by atoms with van der Waals surface area (Å²) in [6.07, 6.45) is 3.07. The number of rotatable bonds is 4. The number of pyridine rings is 1. The molecule has 1 aromatic carbocycles. The van der Waals surface area contributed by atoms with Crippen LogP contribution >= 0.6 is 0 Å². The molecular weight excluding hydrogens is 254 g/mol. The zero-order chi connectivity index (χ0) is 14.4. The second kappa shape index (κ2) is 6.47. The molecule has 0 aliphatic carbocycles.